The Morgan fingerprint density at radius 3 is 2.21 bits per heavy atom. The zero-order valence-corrected chi connectivity index (χ0v) is 16.3. The van der Waals surface area contributed by atoms with Crippen LogP contribution < -0.4 is 10.6 Å². The molecule has 0 fully saturated rings. The van der Waals surface area contributed by atoms with E-state index in [0.717, 1.165) is 11.1 Å². The second-order valence-electron chi connectivity index (χ2n) is 6.90. The number of ketones is 1. The monoisotopic (exact) mass is 379 g/mol. The van der Waals surface area contributed by atoms with Gasteiger partial charge < -0.3 is 15.4 Å². The topological polar surface area (TPSA) is 79.8 Å². The van der Waals surface area contributed by atoms with E-state index in [0.29, 0.717) is 0 Å². The largest absolute Gasteiger partial charge is 0.449 e. The van der Waals surface area contributed by atoms with Gasteiger partial charge in [0.2, 0.25) is 0 Å². The molecule has 0 aliphatic heterocycles. The molecule has 2 aromatic rings. The van der Waals surface area contributed by atoms with Gasteiger partial charge in [-0.25, -0.2) is 4.79 Å². The predicted molar refractivity (Wildman–Crippen MR) is 110 cm³/mol. The van der Waals surface area contributed by atoms with E-state index in [4.69, 9.17) is 4.74 Å². The first kappa shape index (κ1) is 19.6. The number of Topliss-reactive ketones (excluding diaryl/α,β-unsaturated/α-hetero) is 1. The summed E-state index contributed by atoms with van der Waals surface area (Å²) in [4.78, 5) is 27.9. The number of alkyl carbamates (subject to hydrolysis) is 1. The van der Waals surface area contributed by atoms with Crippen molar-refractivity contribution in [2.75, 3.05) is 13.7 Å². The van der Waals surface area contributed by atoms with E-state index >= 15 is 0 Å². The molecule has 1 aliphatic rings. The standard InChI is InChI=1S/C22H25N3O3/c1-14(21(15(2)26)24-13-23-3)25-22(27)28-12-20-18-10-6-4-8-16(18)17-9-5-7-11-19(17)20/h4-11,13-14,20-21H,12H2,1-3H3,(H,23,24)(H,25,27). The molecule has 6 nitrogen and oxygen atoms in total. The second kappa shape index (κ2) is 8.69. The highest BCUT2D eigenvalue weighted by atomic mass is 16.5. The summed E-state index contributed by atoms with van der Waals surface area (Å²) in [6, 6.07) is 15.4. The molecule has 2 unspecified atom stereocenters. The minimum Gasteiger partial charge on any atom is -0.449 e. The number of carbonyl (C=O) groups excluding carboxylic acids is 2. The molecular weight excluding hydrogens is 354 g/mol. The normalized spacial score (nSPS) is 14.8. The fraction of sp³-hybridized carbons (Fsp3) is 0.318. The molecule has 0 radical (unpaired) electrons. The van der Waals surface area contributed by atoms with E-state index in [-0.39, 0.29) is 18.3 Å². The van der Waals surface area contributed by atoms with Crippen LogP contribution in [0.2, 0.25) is 0 Å². The molecule has 2 N–H and O–H groups in total. The lowest BCUT2D eigenvalue weighted by atomic mass is 9.98. The van der Waals surface area contributed by atoms with Crippen LogP contribution in [0.25, 0.3) is 11.1 Å². The molecule has 1 aliphatic carbocycles. The van der Waals surface area contributed by atoms with Crippen molar-refractivity contribution in [2.45, 2.75) is 31.8 Å². The zero-order valence-electron chi connectivity index (χ0n) is 16.3. The molecule has 6 heteroatoms. The van der Waals surface area contributed by atoms with Crippen molar-refractivity contribution in [3.05, 3.63) is 59.7 Å². The molecule has 1 amide bonds. The number of carbonyl (C=O) groups is 2. The van der Waals surface area contributed by atoms with Crippen molar-refractivity contribution in [3.8, 4) is 11.1 Å². The van der Waals surface area contributed by atoms with E-state index in [1.807, 2.05) is 24.3 Å². The molecule has 0 aromatic heterocycles. The zero-order chi connectivity index (χ0) is 20.1. The minimum absolute atomic E-state index is 0.00223. The quantitative estimate of drug-likeness (QED) is 0.572. The van der Waals surface area contributed by atoms with Gasteiger partial charge in [-0.2, -0.15) is 0 Å². The van der Waals surface area contributed by atoms with E-state index in [1.165, 1.54) is 24.4 Å². The molecule has 0 bridgehead atoms. The van der Waals surface area contributed by atoms with Gasteiger partial charge in [-0.3, -0.25) is 9.79 Å². The summed E-state index contributed by atoms with van der Waals surface area (Å²) in [7, 11) is 1.60. The van der Waals surface area contributed by atoms with Crippen molar-refractivity contribution in [2.24, 2.45) is 4.99 Å². The van der Waals surface area contributed by atoms with Gasteiger partial charge >= 0.3 is 6.09 Å². The summed E-state index contributed by atoms with van der Waals surface area (Å²) in [6.45, 7) is 3.46. The van der Waals surface area contributed by atoms with E-state index in [9.17, 15) is 9.59 Å². The Labute approximate surface area is 165 Å². The third-order valence-electron chi connectivity index (χ3n) is 5.01. The average Bonchev–Trinajstić information content (AvgIpc) is 3.00. The van der Waals surface area contributed by atoms with Crippen molar-refractivity contribution < 1.29 is 14.3 Å². The predicted octanol–water partition coefficient (Wildman–Crippen LogP) is 3.12. The molecule has 2 aromatic carbocycles. The highest BCUT2D eigenvalue weighted by molar-refractivity contribution is 5.85. The maximum atomic E-state index is 12.3. The fourth-order valence-corrected chi connectivity index (χ4v) is 3.68. The number of nitrogens with zero attached hydrogens (tertiary/aromatic N) is 1. The Bertz CT molecular complexity index is 849. The van der Waals surface area contributed by atoms with Gasteiger partial charge in [-0.1, -0.05) is 48.5 Å². The van der Waals surface area contributed by atoms with E-state index in [2.05, 4.69) is 39.9 Å². The van der Waals surface area contributed by atoms with Crippen molar-refractivity contribution in [1.82, 2.24) is 10.6 Å². The molecular formula is C22H25N3O3. The molecule has 146 valence electrons. The summed E-state index contributed by atoms with van der Waals surface area (Å²) in [5.41, 5.74) is 4.68. The van der Waals surface area contributed by atoms with Crippen molar-refractivity contribution in [3.63, 3.8) is 0 Å². The summed E-state index contributed by atoms with van der Waals surface area (Å²) >= 11 is 0. The van der Waals surface area contributed by atoms with Crippen LogP contribution >= 0.6 is 0 Å². The molecule has 0 spiro atoms. The highest BCUT2D eigenvalue weighted by Crippen LogP contribution is 2.44. The summed E-state index contributed by atoms with van der Waals surface area (Å²) in [5.74, 6) is -0.0891. The smallest absolute Gasteiger partial charge is 0.407 e. The molecule has 0 saturated heterocycles. The average molecular weight is 379 g/mol. The number of benzene rings is 2. The van der Waals surface area contributed by atoms with Crippen LogP contribution in [-0.2, 0) is 9.53 Å². The molecule has 28 heavy (non-hydrogen) atoms. The van der Waals surface area contributed by atoms with Crippen LogP contribution in [0.15, 0.2) is 53.5 Å². The van der Waals surface area contributed by atoms with Crippen LogP contribution in [0, 0.1) is 0 Å². The Hall–Kier alpha value is -3.15. The lowest BCUT2D eigenvalue weighted by Gasteiger charge is -2.23. The summed E-state index contributed by atoms with van der Waals surface area (Å²) in [5, 5.41) is 5.62. The van der Waals surface area contributed by atoms with Crippen molar-refractivity contribution >= 4 is 18.2 Å². The third kappa shape index (κ3) is 4.06. The summed E-state index contributed by atoms with van der Waals surface area (Å²) < 4.78 is 5.52. The number of fused-ring (bicyclic) bond motifs is 3. The number of aliphatic imine (C=N–C) groups is 1. The van der Waals surface area contributed by atoms with Gasteiger partial charge in [0.05, 0.1) is 12.4 Å². The number of hydrogen-bond donors (Lipinski definition) is 2. The van der Waals surface area contributed by atoms with E-state index < -0.39 is 18.2 Å². The Kier molecular flexibility index (Phi) is 6.09. The SMILES string of the molecule is CN=CNC(C(C)=O)C(C)NC(=O)OCC1c2ccccc2-c2ccccc21. The van der Waals surface area contributed by atoms with Gasteiger partial charge in [-0.05, 0) is 36.1 Å². The number of amides is 1. The van der Waals surface area contributed by atoms with Gasteiger partial charge in [0.1, 0.15) is 12.6 Å². The highest BCUT2D eigenvalue weighted by Gasteiger charge is 2.29. The molecule has 0 saturated carbocycles. The lowest BCUT2D eigenvalue weighted by molar-refractivity contribution is -0.119. The summed E-state index contributed by atoms with van der Waals surface area (Å²) in [6.07, 6.45) is 0.901. The number of ether oxygens (including phenoxy) is 1. The van der Waals surface area contributed by atoms with Gasteiger partial charge in [0.15, 0.2) is 5.78 Å². The maximum absolute atomic E-state index is 12.3. The van der Waals surface area contributed by atoms with E-state index in [1.54, 1.807) is 14.0 Å². The number of rotatable bonds is 7. The van der Waals surface area contributed by atoms with Crippen LogP contribution in [0.3, 0.4) is 0 Å². The molecule has 0 heterocycles. The van der Waals surface area contributed by atoms with Gasteiger partial charge in [0, 0.05) is 13.0 Å². The first-order valence-corrected chi connectivity index (χ1v) is 9.31. The van der Waals surface area contributed by atoms with Gasteiger partial charge in [-0.15, -0.1) is 0 Å². The minimum atomic E-state index is -0.566. The molecule has 3 rings (SSSR count). The lowest BCUT2D eigenvalue weighted by Crippen LogP contribution is -2.51. The Balaban J connectivity index is 1.66. The Morgan fingerprint density at radius 1 is 1.11 bits per heavy atom. The van der Waals surface area contributed by atoms with Crippen LogP contribution in [-0.4, -0.2) is 44.0 Å². The molecule has 2 atom stereocenters. The number of nitrogens with one attached hydrogen (secondary N) is 2. The van der Waals surface area contributed by atoms with Crippen LogP contribution in [0.1, 0.15) is 30.9 Å². The third-order valence-corrected chi connectivity index (χ3v) is 5.01. The number of hydrogen-bond acceptors (Lipinski definition) is 4. The van der Waals surface area contributed by atoms with Crippen LogP contribution in [0.4, 0.5) is 4.79 Å². The fourth-order valence-electron chi connectivity index (χ4n) is 3.68. The Morgan fingerprint density at radius 2 is 1.68 bits per heavy atom. The first-order chi connectivity index (χ1) is 13.5. The van der Waals surface area contributed by atoms with Gasteiger partial charge in [0.25, 0.3) is 0 Å². The second-order valence-corrected chi connectivity index (χ2v) is 6.90. The maximum Gasteiger partial charge on any atom is 0.407 e. The van der Waals surface area contributed by atoms with Crippen molar-refractivity contribution in [1.29, 1.82) is 0 Å². The first-order valence-electron chi connectivity index (χ1n) is 9.31. The van der Waals surface area contributed by atoms with Crippen LogP contribution in [0.5, 0.6) is 0 Å².